The normalized spacial score (nSPS) is 12.0. The van der Waals surface area contributed by atoms with E-state index in [-0.39, 0.29) is 0 Å². The molecule has 182 valence electrons. The van der Waals surface area contributed by atoms with Gasteiger partial charge >= 0.3 is 8.56 Å². The van der Waals surface area contributed by atoms with Gasteiger partial charge in [0.25, 0.3) is 0 Å². The average Bonchev–Trinajstić information content (AvgIpc) is 2.77. The van der Waals surface area contributed by atoms with Crippen LogP contribution in [0.4, 0.5) is 0 Å². The Kier molecular flexibility index (Phi) is 23.9. The van der Waals surface area contributed by atoms with Crippen molar-refractivity contribution in [1.29, 1.82) is 0 Å². The van der Waals surface area contributed by atoms with Gasteiger partial charge in [-0.25, -0.2) is 0 Å². The van der Waals surface area contributed by atoms with Gasteiger partial charge in [-0.15, -0.1) is 0 Å². The number of unbranched alkanes of at least 4 members (excludes halogenated alkanes) is 17. The summed E-state index contributed by atoms with van der Waals surface area (Å²) < 4.78 is 12.8. The molecule has 0 aliphatic heterocycles. The Morgan fingerprint density at radius 2 is 0.633 bits per heavy atom. The first-order valence-electron chi connectivity index (χ1n) is 14.0. The van der Waals surface area contributed by atoms with E-state index < -0.39 is 8.56 Å². The molecular formula is C27H58O2Si. The van der Waals surface area contributed by atoms with Crippen molar-refractivity contribution in [2.75, 3.05) is 13.2 Å². The maximum Gasteiger partial charge on any atom is 0.337 e. The van der Waals surface area contributed by atoms with Crippen LogP contribution in [0.1, 0.15) is 150 Å². The lowest BCUT2D eigenvalue weighted by Gasteiger charge is -2.29. The Bertz CT molecular complexity index is 318. The second kappa shape index (κ2) is 23.8. The zero-order valence-corrected chi connectivity index (χ0v) is 22.6. The summed E-state index contributed by atoms with van der Waals surface area (Å²) in [6.07, 6.45) is 26.2. The van der Waals surface area contributed by atoms with Gasteiger partial charge in [-0.05, 0) is 24.9 Å². The van der Waals surface area contributed by atoms with Crippen LogP contribution in [0.2, 0.25) is 12.1 Å². The summed E-state index contributed by atoms with van der Waals surface area (Å²) in [4.78, 5) is 0. The van der Waals surface area contributed by atoms with Crippen LogP contribution in [0.15, 0.2) is 0 Å². The monoisotopic (exact) mass is 442 g/mol. The first-order valence-corrected chi connectivity index (χ1v) is 16.3. The molecular weight excluding hydrogens is 384 g/mol. The molecule has 0 bridgehead atoms. The van der Waals surface area contributed by atoms with Gasteiger partial charge in [0.05, 0.1) is 0 Å². The fourth-order valence-corrected chi connectivity index (χ4v) is 6.65. The van der Waals surface area contributed by atoms with Gasteiger partial charge in [0.15, 0.2) is 0 Å². The fraction of sp³-hybridized carbons (Fsp3) is 1.00. The predicted molar refractivity (Wildman–Crippen MR) is 138 cm³/mol. The Morgan fingerprint density at radius 1 is 0.367 bits per heavy atom. The van der Waals surface area contributed by atoms with E-state index in [2.05, 4.69) is 27.7 Å². The molecule has 0 fully saturated rings. The second-order valence-corrected chi connectivity index (χ2v) is 13.1. The third kappa shape index (κ3) is 18.9. The molecule has 2 nitrogen and oxygen atoms in total. The molecule has 0 rings (SSSR count). The summed E-state index contributed by atoms with van der Waals surface area (Å²) in [5, 5.41) is 0. The van der Waals surface area contributed by atoms with Crippen molar-refractivity contribution in [1.82, 2.24) is 0 Å². The van der Waals surface area contributed by atoms with Crippen LogP contribution in [-0.2, 0) is 8.85 Å². The van der Waals surface area contributed by atoms with Crippen molar-refractivity contribution in [3.8, 4) is 0 Å². The van der Waals surface area contributed by atoms with Crippen molar-refractivity contribution in [3.63, 3.8) is 0 Å². The molecule has 0 amide bonds. The van der Waals surface area contributed by atoms with E-state index in [1.807, 2.05) is 0 Å². The van der Waals surface area contributed by atoms with Crippen molar-refractivity contribution in [2.45, 2.75) is 162 Å². The quantitative estimate of drug-likeness (QED) is 0.103. The summed E-state index contributed by atoms with van der Waals surface area (Å²) in [5.74, 6) is 0. The van der Waals surface area contributed by atoms with Crippen molar-refractivity contribution in [2.24, 2.45) is 0 Å². The third-order valence-corrected chi connectivity index (χ3v) is 10.2. The number of rotatable bonds is 25. The first-order chi connectivity index (χ1) is 14.7. The van der Waals surface area contributed by atoms with E-state index in [9.17, 15) is 0 Å². The molecule has 0 spiro atoms. The van der Waals surface area contributed by atoms with Crippen LogP contribution in [0, 0.1) is 0 Å². The van der Waals surface area contributed by atoms with Crippen LogP contribution in [0.5, 0.6) is 0 Å². The highest BCUT2D eigenvalue weighted by Gasteiger charge is 2.33. The molecule has 0 aromatic rings. The highest BCUT2D eigenvalue weighted by molar-refractivity contribution is 6.67. The molecule has 0 atom stereocenters. The first kappa shape index (κ1) is 30.1. The van der Waals surface area contributed by atoms with Gasteiger partial charge < -0.3 is 8.85 Å². The molecule has 0 aliphatic carbocycles. The molecule has 0 aromatic carbocycles. The highest BCUT2D eigenvalue weighted by atomic mass is 28.4. The predicted octanol–water partition coefficient (Wildman–Crippen LogP) is 9.95. The minimum Gasteiger partial charge on any atom is -0.394 e. The van der Waals surface area contributed by atoms with Gasteiger partial charge in [0.2, 0.25) is 0 Å². The Labute approximate surface area is 192 Å². The number of hydrogen-bond donors (Lipinski definition) is 0. The zero-order chi connectivity index (χ0) is 22.2. The van der Waals surface area contributed by atoms with Crippen molar-refractivity contribution >= 4 is 8.56 Å². The molecule has 0 aliphatic rings. The third-order valence-electron chi connectivity index (χ3n) is 6.55. The minimum absolute atomic E-state index is 0.915. The molecule has 30 heavy (non-hydrogen) atoms. The minimum atomic E-state index is -1.92. The van der Waals surface area contributed by atoms with Crippen LogP contribution < -0.4 is 0 Å². The summed E-state index contributed by atoms with van der Waals surface area (Å²) in [6, 6.07) is 2.19. The Balaban J connectivity index is 3.55. The fourth-order valence-electron chi connectivity index (χ4n) is 4.22. The molecule has 0 N–H and O–H groups in total. The largest absolute Gasteiger partial charge is 0.394 e. The molecule has 0 heterocycles. The van der Waals surface area contributed by atoms with Crippen molar-refractivity contribution < 1.29 is 8.85 Å². The topological polar surface area (TPSA) is 18.5 Å². The molecule has 3 heteroatoms. The molecule has 0 radical (unpaired) electrons. The van der Waals surface area contributed by atoms with Gasteiger partial charge in [-0.1, -0.05) is 137 Å². The van der Waals surface area contributed by atoms with Gasteiger partial charge in [-0.2, -0.15) is 0 Å². The van der Waals surface area contributed by atoms with E-state index >= 15 is 0 Å². The molecule has 0 unspecified atom stereocenters. The van der Waals surface area contributed by atoms with Crippen LogP contribution in [-0.4, -0.2) is 21.8 Å². The molecule has 0 aromatic heterocycles. The summed E-state index contributed by atoms with van der Waals surface area (Å²) in [6.45, 7) is 10.9. The van der Waals surface area contributed by atoms with Crippen molar-refractivity contribution in [3.05, 3.63) is 0 Å². The zero-order valence-electron chi connectivity index (χ0n) is 21.6. The van der Waals surface area contributed by atoms with Crippen LogP contribution in [0.25, 0.3) is 0 Å². The highest BCUT2D eigenvalue weighted by Crippen LogP contribution is 2.20. The van der Waals surface area contributed by atoms with E-state index in [4.69, 9.17) is 8.85 Å². The van der Waals surface area contributed by atoms with E-state index in [0.29, 0.717) is 0 Å². The summed E-state index contributed by atoms with van der Waals surface area (Å²) in [5.41, 5.74) is 0. The smallest absolute Gasteiger partial charge is 0.337 e. The lowest BCUT2D eigenvalue weighted by molar-refractivity contribution is 0.163. The SMILES string of the molecule is CCCCCCCCCCCCCCCO[Si](CC)(CC)OCCCCCCCC. The lowest BCUT2D eigenvalue weighted by Crippen LogP contribution is -2.41. The Morgan fingerprint density at radius 3 is 0.900 bits per heavy atom. The average molecular weight is 443 g/mol. The van der Waals surface area contributed by atoms with E-state index in [0.717, 1.165) is 25.3 Å². The molecule has 0 saturated carbocycles. The van der Waals surface area contributed by atoms with Gasteiger partial charge in [0, 0.05) is 13.2 Å². The van der Waals surface area contributed by atoms with Crippen LogP contribution >= 0.6 is 0 Å². The second-order valence-electron chi connectivity index (χ2n) is 9.33. The standard InChI is InChI=1S/C27H58O2Si/c1-5-9-11-13-15-16-17-18-19-20-21-23-25-27-29-30(7-3,8-4)28-26-24-22-14-12-10-6-2/h5-27H2,1-4H3. The van der Waals surface area contributed by atoms with Crippen LogP contribution in [0.3, 0.4) is 0 Å². The van der Waals surface area contributed by atoms with E-state index in [1.54, 1.807) is 0 Å². The van der Waals surface area contributed by atoms with E-state index in [1.165, 1.54) is 122 Å². The number of hydrogen-bond acceptors (Lipinski definition) is 2. The summed E-state index contributed by atoms with van der Waals surface area (Å²) >= 11 is 0. The summed E-state index contributed by atoms with van der Waals surface area (Å²) in [7, 11) is -1.92. The maximum atomic E-state index is 6.39. The van der Waals surface area contributed by atoms with Gasteiger partial charge in [0.1, 0.15) is 0 Å². The molecule has 0 saturated heterocycles. The van der Waals surface area contributed by atoms with Gasteiger partial charge in [-0.3, -0.25) is 0 Å². The lowest BCUT2D eigenvalue weighted by atomic mass is 10.0. The Hall–Kier alpha value is 0.137. The maximum absolute atomic E-state index is 6.39.